The maximum absolute atomic E-state index is 12.1. The molecule has 2 aromatic rings. The van der Waals surface area contributed by atoms with E-state index < -0.39 is 11.8 Å². The van der Waals surface area contributed by atoms with Crippen LogP contribution in [0.25, 0.3) is 0 Å². The van der Waals surface area contributed by atoms with Gasteiger partial charge in [-0.3, -0.25) is 39.4 Å². The predicted molar refractivity (Wildman–Crippen MR) is 142 cm³/mol. The molecule has 2 aliphatic heterocycles. The third-order valence-corrected chi connectivity index (χ3v) is 6.72. The Balaban J connectivity index is 0.000000212. The van der Waals surface area contributed by atoms with E-state index in [4.69, 9.17) is 0 Å². The summed E-state index contributed by atoms with van der Waals surface area (Å²) in [6, 6.07) is 3.01. The first-order chi connectivity index (χ1) is 18.1. The van der Waals surface area contributed by atoms with E-state index in [2.05, 4.69) is 24.5 Å². The van der Waals surface area contributed by atoms with E-state index in [9.17, 15) is 28.8 Å². The van der Waals surface area contributed by atoms with Gasteiger partial charge in [0.1, 0.15) is 11.1 Å². The van der Waals surface area contributed by atoms with Crippen LogP contribution >= 0.6 is 0 Å². The number of unbranched alkanes of at least 4 members (excludes halogenated alkanes) is 2. The molecule has 0 aliphatic carbocycles. The maximum Gasteiger partial charge on any atom is 0.263 e. The number of pyridine rings is 2. The van der Waals surface area contributed by atoms with Crippen molar-refractivity contribution in [1.82, 2.24) is 19.8 Å². The van der Waals surface area contributed by atoms with Crippen molar-refractivity contribution in [3.05, 3.63) is 66.5 Å². The summed E-state index contributed by atoms with van der Waals surface area (Å²) in [4.78, 5) is 70.6. The molecule has 10 nitrogen and oxygen atoms in total. The third kappa shape index (κ3) is 6.17. The lowest BCUT2D eigenvalue weighted by atomic mass is 10.0. The minimum atomic E-state index is -0.573. The highest BCUT2D eigenvalue weighted by Gasteiger charge is 2.29. The highest BCUT2D eigenvalue weighted by molar-refractivity contribution is 6.10. The van der Waals surface area contributed by atoms with Gasteiger partial charge in [-0.1, -0.05) is 40.0 Å². The Morgan fingerprint density at radius 3 is 1.66 bits per heavy atom. The number of hydrogen-bond donors (Lipinski definition) is 2. The molecule has 4 heterocycles. The van der Waals surface area contributed by atoms with Gasteiger partial charge in [-0.05, 0) is 26.2 Å². The minimum absolute atomic E-state index is 0.0989. The SMILES string of the molecule is CCCCn1c(C)cc(=O)c2c1CC(=O)NC2=O.CCCCn1c(CCC)cc(=O)c2c1CC(=O)NC2=O. The number of aryl methyl sites for hydroxylation is 2. The lowest BCUT2D eigenvalue weighted by Crippen LogP contribution is -2.43. The number of amides is 4. The molecule has 0 bridgehead atoms. The molecule has 2 aromatic heterocycles. The first-order valence-corrected chi connectivity index (χ1v) is 13.3. The van der Waals surface area contributed by atoms with E-state index >= 15 is 0 Å². The molecule has 10 heteroatoms. The Morgan fingerprint density at radius 1 is 0.684 bits per heavy atom. The number of carbonyl (C=O) groups excluding carboxylic acids is 4. The lowest BCUT2D eigenvalue weighted by molar-refractivity contribution is -0.120. The van der Waals surface area contributed by atoms with Gasteiger partial charge in [-0.2, -0.15) is 0 Å². The smallest absolute Gasteiger partial charge is 0.263 e. The van der Waals surface area contributed by atoms with Gasteiger partial charge in [0.05, 0.1) is 12.8 Å². The standard InChI is InChI=1S/C15H20N2O3.C13H16N2O3/c1-3-5-7-17-10(6-4-2)8-12(18)14-11(17)9-13(19)16-15(14)20;1-3-4-5-15-8(2)6-10(16)12-9(15)7-11(17)14-13(12)18/h8H,3-7,9H2,1-2H3,(H,16,19,20);6H,3-5,7H2,1-2H3,(H,14,17,18). The normalized spacial score (nSPS) is 14.2. The number of nitrogens with one attached hydrogen (secondary N) is 2. The fraction of sp³-hybridized carbons (Fsp3) is 0.500. The first-order valence-electron chi connectivity index (χ1n) is 13.3. The van der Waals surface area contributed by atoms with E-state index in [1.807, 2.05) is 23.0 Å². The quantitative estimate of drug-likeness (QED) is 0.508. The van der Waals surface area contributed by atoms with Gasteiger partial charge in [0.15, 0.2) is 10.9 Å². The highest BCUT2D eigenvalue weighted by atomic mass is 16.2. The zero-order valence-corrected chi connectivity index (χ0v) is 22.6. The molecule has 204 valence electrons. The second-order valence-corrected chi connectivity index (χ2v) is 9.66. The second kappa shape index (κ2) is 12.6. The highest BCUT2D eigenvalue weighted by Crippen LogP contribution is 2.17. The van der Waals surface area contributed by atoms with Gasteiger partial charge in [0.25, 0.3) is 11.8 Å². The largest absolute Gasteiger partial charge is 0.347 e. The maximum atomic E-state index is 12.1. The Labute approximate surface area is 221 Å². The topological polar surface area (TPSA) is 136 Å². The molecular formula is C28H36N4O6. The number of imide groups is 2. The van der Waals surface area contributed by atoms with Crippen LogP contribution < -0.4 is 21.5 Å². The number of rotatable bonds is 8. The molecule has 0 aromatic carbocycles. The number of nitrogens with zero attached hydrogens (tertiary/aromatic N) is 2. The zero-order chi connectivity index (χ0) is 28.0. The summed E-state index contributed by atoms with van der Waals surface area (Å²) >= 11 is 0. The van der Waals surface area contributed by atoms with Crippen LogP contribution in [0.15, 0.2) is 21.7 Å². The molecule has 0 fully saturated rings. The van der Waals surface area contributed by atoms with Crippen molar-refractivity contribution in [2.24, 2.45) is 0 Å². The molecule has 2 N–H and O–H groups in total. The summed E-state index contributed by atoms with van der Waals surface area (Å²) in [6.45, 7) is 9.51. The minimum Gasteiger partial charge on any atom is -0.347 e. The molecular weight excluding hydrogens is 488 g/mol. The van der Waals surface area contributed by atoms with E-state index in [0.717, 1.165) is 63.0 Å². The van der Waals surface area contributed by atoms with E-state index in [0.29, 0.717) is 11.4 Å². The van der Waals surface area contributed by atoms with Crippen LogP contribution in [0.4, 0.5) is 0 Å². The van der Waals surface area contributed by atoms with Crippen molar-refractivity contribution < 1.29 is 19.2 Å². The van der Waals surface area contributed by atoms with Crippen LogP contribution in [-0.2, 0) is 41.9 Å². The number of carbonyl (C=O) groups is 4. The summed E-state index contributed by atoms with van der Waals surface area (Å²) in [7, 11) is 0. The van der Waals surface area contributed by atoms with Crippen molar-refractivity contribution in [1.29, 1.82) is 0 Å². The lowest BCUT2D eigenvalue weighted by Gasteiger charge is -2.23. The van der Waals surface area contributed by atoms with Crippen LogP contribution in [0, 0.1) is 6.92 Å². The average Bonchev–Trinajstić information content (AvgIpc) is 2.83. The van der Waals surface area contributed by atoms with E-state index in [1.165, 1.54) is 6.07 Å². The van der Waals surface area contributed by atoms with Gasteiger partial charge in [0, 0.05) is 48.0 Å². The molecule has 0 atom stereocenters. The van der Waals surface area contributed by atoms with Crippen LogP contribution in [-0.4, -0.2) is 32.8 Å². The summed E-state index contributed by atoms with van der Waals surface area (Å²) in [5, 5.41) is 4.41. The fourth-order valence-corrected chi connectivity index (χ4v) is 4.89. The molecule has 38 heavy (non-hydrogen) atoms. The molecule has 0 saturated carbocycles. The molecule has 2 aliphatic rings. The fourth-order valence-electron chi connectivity index (χ4n) is 4.89. The van der Waals surface area contributed by atoms with Crippen LogP contribution in [0.3, 0.4) is 0 Å². The first kappa shape index (κ1) is 28.7. The van der Waals surface area contributed by atoms with Gasteiger partial charge >= 0.3 is 0 Å². The van der Waals surface area contributed by atoms with Gasteiger partial charge < -0.3 is 9.13 Å². The van der Waals surface area contributed by atoms with Crippen molar-refractivity contribution in [3.8, 4) is 0 Å². The Hall–Kier alpha value is -3.82. The van der Waals surface area contributed by atoms with Crippen LogP contribution in [0.5, 0.6) is 0 Å². The summed E-state index contributed by atoms with van der Waals surface area (Å²) < 4.78 is 3.91. The van der Waals surface area contributed by atoms with Gasteiger partial charge in [0.2, 0.25) is 11.8 Å². The van der Waals surface area contributed by atoms with Crippen LogP contribution in [0.2, 0.25) is 0 Å². The van der Waals surface area contributed by atoms with E-state index in [1.54, 1.807) is 6.07 Å². The monoisotopic (exact) mass is 524 g/mol. The molecule has 0 saturated heterocycles. The van der Waals surface area contributed by atoms with Crippen molar-refractivity contribution in [3.63, 3.8) is 0 Å². The summed E-state index contributed by atoms with van der Waals surface area (Å²) in [5.74, 6) is -1.81. The van der Waals surface area contributed by atoms with Crippen LogP contribution in [0.1, 0.15) is 96.4 Å². The predicted octanol–water partition coefficient (Wildman–Crippen LogP) is 2.18. The molecule has 0 radical (unpaired) electrons. The van der Waals surface area contributed by atoms with E-state index in [-0.39, 0.29) is 46.6 Å². The summed E-state index contributed by atoms with van der Waals surface area (Å²) in [6.07, 6.45) is 5.85. The Morgan fingerprint density at radius 2 is 1.16 bits per heavy atom. The molecule has 0 spiro atoms. The second-order valence-electron chi connectivity index (χ2n) is 9.66. The molecule has 0 unspecified atom stereocenters. The van der Waals surface area contributed by atoms with Gasteiger partial charge in [-0.25, -0.2) is 0 Å². The van der Waals surface area contributed by atoms with Gasteiger partial charge in [-0.15, -0.1) is 0 Å². The third-order valence-electron chi connectivity index (χ3n) is 6.72. The summed E-state index contributed by atoms with van der Waals surface area (Å²) in [5.41, 5.74) is 2.55. The Bertz CT molecular complexity index is 1390. The number of fused-ring (bicyclic) bond motifs is 2. The van der Waals surface area contributed by atoms with Crippen molar-refractivity contribution in [2.75, 3.05) is 0 Å². The number of hydrogen-bond acceptors (Lipinski definition) is 6. The number of aromatic nitrogens is 2. The Kier molecular flexibility index (Phi) is 9.55. The molecule has 4 amide bonds. The zero-order valence-electron chi connectivity index (χ0n) is 22.6. The van der Waals surface area contributed by atoms with Crippen molar-refractivity contribution in [2.45, 2.75) is 92.2 Å². The van der Waals surface area contributed by atoms with Crippen molar-refractivity contribution >= 4 is 23.6 Å². The average molecular weight is 525 g/mol. The molecule has 4 rings (SSSR count).